The van der Waals surface area contributed by atoms with Crippen LogP contribution in [-0.2, 0) is 4.65 Å². The van der Waals surface area contributed by atoms with Crippen molar-refractivity contribution in [2.45, 2.75) is 38.9 Å². The van der Waals surface area contributed by atoms with E-state index in [4.69, 9.17) is 4.65 Å². The standard InChI is InChI=1S/C18H21BO2S/c1-17(2,20)18(3,4)21-19-14-10-7-9-13-12-8-5-6-11-15(12)22-16(13)14/h5-11,19-20H,1-4H3. The smallest absolute Gasteiger partial charge is 0.310 e. The van der Waals surface area contributed by atoms with Crippen LogP contribution in [-0.4, -0.2) is 23.8 Å². The minimum atomic E-state index is -0.888. The fraction of sp³-hybridized carbons (Fsp3) is 0.333. The van der Waals surface area contributed by atoms with Gasteiger partial charge >= 0.3 is 7.48 Å². The highest BCUT2D eigenvalue weighted by Gasteiger charge is 2.35. The van der Waals surface area contributed by atoms with Crippen molar-refractivity contribution in [3.63, 3.8) is 0 Å². The van der Waals surface area contributed by atoms with Gasteiger partial charge in [-0.05, 0) is 44.6 Å². The minimum Gasteiger partial charge on any atom is -0.427 e. The average molecular weight is 312 g/mol. The molecule has 114 valence electrons. The molecule has 2 nitrogen and oxygen atoms in total. The summed E-state index contributed by atoms with van der Waals surface area (Å²) in [7, 11) is 0.501. The molecule has 0 atom stereocenters. The van der Waals surface area contributed by atoms with Gasteiger partial charge in [0.2, 0.25) is 0 Å². The maximum absolute atomic E-state index is 10.2. The first-order chi connectivity index (χ1) is 10.3. The number of thiophene rings is 1. The molecule has 1 aromatic heterocycles. The fourth-order valence-corrected chi connectivity index (χ4v) is 3.55. The molecule has 0 fully saturated rings. The molecule has 2 aromatic carbocycles. The molecule has 0 saturated carbocycles. The van der Waals surface area contributed by atoms with Gasteiger partial charge in [-0.2, -0.15) is 0 Å². The van der Waals surface area contributed by atoms with E-state index in [0.717, 1.165) is 0 Å². The molecule has 22 heavy (non-hydrogen) atoms. The zero-order valence-corrected chi connectivity index (χ0v) is 14.3. The Labute approximate surface area is 136 Å². The monoisotopic (exact) mass is 312 g/mol. The summed E-state index contributed by atoms with van der Waals surface area (Å²) in [5, 5.41) is 12.8. The van der Waals surface area contributed by atoms with Gasteiger partial charge in [0.05, 0.1) is 11.2 Å². The second-order valence-corrected chi connectivity index (χ2v) is 7.80. The fourth-order valence-electron chi connectivity index (χ4n) is 2.35. The second-order valence-electron chi connectivity index (χ2n) is 6.75. The van der Waals surface area contributed by atoms with Crippen LogP contribution in [0.25, 0.3) is 20.2 Å². The summed E-state index contributed by atoms with van der Waals surface area (Å²) in [6.45, 7) is 7.43. The normalized spacial score (nSPS) is 13.0. The van der Waals surface area contributed by atoms with Crippen molar-refractivity contribution in [1.82, 2.24) is 0 Å². The van der Waals surface area contributed by atoms with Gasteiger partial charge in [0.1, 0.15) is 0 Å². The molecule has 0 aliphatic rings. The lowest BCUT2D eigenvalue weighted by atomic mass is 9.82. The number of hydrogen-bond acceptors (Lipinski definition) is 3. The Morgan fingerprint density at radius 3 is 2.36 bits per heavy atom. The zero-order valence-electron chi connectivity index (χ0n) is 13.5. The Hall–Kier alpha value is -1.36. The summed E-state index contributed by atoms with van der Waals surface area (Å²) in [6, 6.07) is 14.8. The highest BCUT2D eigenvalue weighted by atomic mass is 32.1. The molecule has 0 aliphatic carbocycles. The van der Waals surface area contributed by atoms with Gasteiger partial charge in [0.15, 0.2) is 0 Å². The SMILES string of the molecule is CC(C)(O)C(C)(C)OBc1cccc2c1sc1ccccc12. The molecular formula is C18H21BO2S. The highest BCUT2D eigenvalue weighted by molar-refractivity contribution is 7.26. The molecule has 0 radical (unpaired) electrons. The van der Waals surface area contributed by atoms with E-state index in [0.29, 0.717) is 7.48 Å². The number of aliphatic hydroxyl groups is 1. The highest BCUT2D eigenvalue weighted by Crippen LogP contribution is 2.32. The molecule has 0 aliphatic heterocycles. The Morgan fingerprint density at radius 2 is 1.64 bits per heavy atom. The van der Waals surface area contributed by atoms with Crippen molar-refractivity contribution in [3.05, 3.63) is 42.5 Å². The molecule has 0 amide bonds. The van der Waals surface area contributed by atoms with Crippen molar-refractivity contribution >= 4 is 44.5 Å². The lowest BCUT2D eigenvalue weighted by Gasteiger charge is -2.37. The molecule has 3 rings (SSSR count). The van der Waals surface area contributed by atoms with Crippen LogP contribution < -0.4 is 5.46 Å². The van der Waals surface area contributed by atoms with Gasteiger partial charge in [-0.1, -0.05) is 36.4 Å². The molecule has 1 N–H and O–H groups in total. The van der Waals surface area contributed by atoms with Crippen LogP contribution in [0.4, 0.5) is 0 Å². The first-order valence-corrected chi connectivity index (χ1v) is 8.37. The molecule has 0 bridgehead atoms. The van der Waals surface area contributed by atoms with Gasteiger partial charge < -0.3 is 9.76 Å². The Bertz CT molecular complexity index is 815. The van der Waals surface area contributed by atoms with E-state index in [1.165, 1.54) is 25.6 Å². The van der Waals surface area contributed by atoms with E-state index in [-0.39, 0.29) is 0 Å². The predicted molar refractivity (Wildman–Crippen MR) is 97.6 cm³/mol. The first-order valence-electron chi connectivity index (χ1n) is 7.55. The van der Waals surface area contributed by atoms with Crippen molar-refractivity contribution in [3.8, 4) is 0 Å². The van der Waals surface area contributed by atoms with Gasteiger partial charge in [-0.3, -0.25) is 0 Å². The Balaban J connectivity index is 1.98. The number of hydrogen-bond donors (Lipinski definition) is 1. The van der Waals surface area contributed by atoms with Crippen LogP contribution in [0.15, 0.2) is 42.5 Å². The zero-order chi connectivity index (χ0) is 16.0. The Morgan fingerprint density at radius 1 is 0.955 bits per heavy atom. The maximum Gasteiger partial charge on any atom is 0.310 e. The van der Waals surface area contributed by atoms with Crippen LogP contribution in [0.3, 0.4) is 0 Å². The number of benzene rings is 2. The van der Waals surface area contributed by atoms with Gasteiger partial charge in [0, 0.05) is 14.8 Å². The molecule has 0 spiro atoms. The van der Waals surface area contributed by atoms with E-state index in [2.05, 4.69) is 42.5 Å². The molecule has 0 unspecified atom stereocenters. The van der Waals surface area contributed by atoms with Crippen molar-refractivity contribution in [2.75, 3.05) is 0 Å². The van der Waals surface area contributed by atoms with Crippen LogP contribution >= 0.6 is 11.3 Å². The lowest BCUT2D eigenvalue weighted by Crippen LogP contribution is -2.49. The van der Waals surface area contributed by atoms with Gasteiger partial charge in [-0.15, -0.1) is 11.3 Å². The van der Waals surface area contributed by atoms with Crippen LogP contribution in [0, 0.1) is 0 Å². The third-order valence-electron chi connectivity index (χ3n) is 4.55. The summed E-state index contributed by atoms with van der Waals surface area (Å²) in [5.74, 6) is 0. The summed E-state index contributed by atoms with van der Waals surface area (Å²) in [4.78, 5) is 0. The van der Waals surface area contributed by atoms with Crippen molar-refractivity contribution in [2.24, 2.45) is 0 Å². The van der Waals surface area contributed by atoms with E-state index >= 15 is 0 Å². The van der Waals surface area contributed by atoms with Crippen LogP contribution in [0.5, 0.6) is 0 Å². The summed E-state index contributed by atoms with van der Waals surface area (Å²) in [5.41, 5.74) is -0.316. The predicted octanol–water partition coefficient (Wildman–Crippen LogP) is 3.60. The van der Waals surface area contributed by atoms with E-state index in [1.54, 1.807) is 25.2 Å². The molecule has 3 aromatic rings. The first kappa shape index (κ1) is 15.5. The quantitative estimate of drug-likeness (QED) is 0.746. The minimum absolute atomic E-state index is 0.501. The summed E-state index contributed by atoms with van der Waals surface area (Å²) >= 11 is 1.80. The van der Waals surface area contributed by atoms with E-state index < -0.39 is 11.2 Å². The topological polar surface area (TPSA) is 29.5 Å². The summed E-state index contributed by atoms with van der Waals surface area (Å²) < 4.78 is 8.61. The third-order valence-corrected chi connectivity index (χ3v) is 5.81. The third kappa shape index (κ3) is 2.67. The second kappa shape index (κ2) is 5.37. The maximum atomic E-state index is 10.2. The molecule has 0 saturated heterocycles. The van der Waals surface area contributed by atoms with Crippen LogP contribution in [0.2, 0.25) is 0 Å². The van der Waals surface area contributed by atoms with Gasteiger partial charge in [-0.25, -0.2) is 0 Å². The lowest BCUT2D eigenvalue weighted by molar-refractivity contribution is -0.0893. The largest absolute Gasteiger partial charge is 0.427 e. The van der Waals surface area contributed by atoms with Crippen LogP contribution in [0.1, 0.15) is 27.7 Å². The average Bonchev–Trinajstić information content (AvgIpc) is 2.83. The molecular weight excluding hydrogens is 291 g/mol. The number of fused-ring (bicyclic) bond motifs is 3. The van der Waals surface area contributed by atoms with Crippen molar-refractivity contribution in [1.29, 1.82) is 0 Å². The van der Waals surface area contributed by atoms with Gasteiger partial charge in [0.25, 0.3) is 0 Å². The molecule has 4 heteroatoms. The molecule has 1 heterocycles. The summed E-state index contributed by atoms with van der Waals surface area (Å²) in [6.07, 6.45) is 0. The van der Waals surface area contributed by atoms with E-state index in [1.807, 2.05) is 13.8 Å². The number of rotatable bonds is 4. The van der Waals surface area contributed by atoms with E-state index in [9.17, 15) is 5.11 Å². The Kier molecular flexibility index (Phi) is 3.80. The van der Waals surface area contributed by atoms with Crippen molar-refractivity contribution < 1.29 is 9.76 Å².